The van der Waals surface area contributed by atoms with E-state index >= 15 is 0 Å². The zero-order chi connectivity index (χ0) is 29.0. The fraction of sp³-hybridized carbons (Fsp3) is 0.771. The minimum Gasteiger partial charge on any atom is -0.392 e. The van der Waals surface area contributed by atoms with E-state index in [1.165, 1.54) is 16.7 Å². The third-order valence-electron chi connectivity index (χ3n) is 12.3. The predicted molar refractivity (Wildman–Crippen MR) is 157 cm³/mol. The number of benzene rings is 1. The van der Waals surface area contributed by atoms with E-state index in [1.54, 1.807) is 0 Å². The smallest absolute Gasteiger partial charge is 0.171 e. The van der Waals surface area contributed by atoms with Crippen molar-refractivity contribution in [2.45, 2.75) is 126 Å². The zero-order valence-electron chi connectivity index (χ0n) is 25.3. The Morgan fingerprint density at radius 1 is 0.952 bits per heavy atom. The molecule has 4 aliphatic carbocycles. The first-order valence-corrected chi connectivity index (χ1v) is 16.7. The van der Waals surface area contributed by atoms with Gasteiger partial charge in [-0.3, -0.25) is 0 Å². The van der Waals surface area contributed by atoms with Crippen LogP contribution in [0.1, 0.15) is 107 Å². The topological polar surface area (TPSA) is 97.6 Å². The van der Waals surface area contributed by atoms with Gasteiger partial charge in [-0.15, -0.1) is 0 Å². The Morgan fingerprint density at radius 2 is 1.76 bits per heavy atom. The summed E-state index contributed by atoms with van der Waals surface area (Å²) in [6.07, 6.45) is 11.2. The SMILES string of the molecule is C[C@]12C[C@H](c3ccc(CO)cc3)C3=C4CCC5(C[C@]4(O)CC[C@H]3[C@@H]1CC[C@@]2(O)CCCOC1CCCCO1)OCCO5. The molecule has 1 aromatic carbocycles. The summed E-state index contributed by atoms with van der Waals surface area (Å²) < 4.78 is 24.0. The summed E-state index contributed by atoms with van der Waals surface area (Å²) in [5.41, 5.74) is 2.90. The standard InChI is InChI=1S/C35H50O7/c1-32-21-27(25-8-6-24(22-36)7-9-25)31-26(10-14-33(37)23-35(16-12-29(31)33)41-19-20-42-35)28(32)11-15-34(32,38)13-4-18-40-30-5-2-3-17-39-30/h6-9,26-28,30,36-38H,2-5,10-23H2,1H3/t26-,27+,28-,30?,32-,33+,34-/m0/s1. The summed E-state index contributed by atoms with van der Waals surface area (Å²) in [4.78, 5) is 0. The summed E-state index contributed by atoms with van der Waals surface area (Å²) in [6.45, 7) is 4.98. The van der Waals surface area contributed by atoms with Crippen LogP contribution >= 0.6 is 0 Å². The fourth-order valence-electron chi connectivity index (χ4n) is 10.1. The molecule has 0 aromatic heterocycles. The van der Waals surface area contributed by atoms with E-state index in [-0.39, 0.29) is 24.2 Å². The van der Waals surface area contributed by atoms with Crippen LogP contribution in [0.3, 0.4) is 0 Å². The minimum absolute atomic E-state index is 0.0247. The Morgan fingerprint density at radius 3 is 2.50 bits per heavy atom. The molecule has 7 atom stereocenters. The maximum absolute atomic E-state index is 12.4. The predicted octanol–water partition coefficient (Wildman–Crippen LogP) is 5.50. The molecule has 232 valence electrons. The zero-order valence-corrected chi connectivity index (χ0v) is 25.3. The van der Waals surface area contributed by atoms with E-state index in [9.17, 15) is 15.3 Å². The molecule has 2 aliphatic heterocycles. The van der Waals surface area contributed by atoms with Gasteiger partial charge in [-0.05, 0) is 99.2 Å². The van der Waals surface area contributed by atoms with E-state index in [2.05, 4.69) is 19.1 Å². The quantitative estimate of drug-likeness (QED) is 0.289. The second-order valence-corrected chi connectivity index (χ2v) is 14.4. The second kappa shape index (κ2) is 11.2. The molecule has 1 spiro atoms. The van der Waals surface area contributed by atoms with Crippen molar-refractivity contribution >= 4 is 0 Å². The molecule has 0 amide bonds. The van der Waals surface area contributed by atoms with E-state index in [4.69, 9.17) is 18.9 Å². The highest BCUT2D eigenvalue weighted by atomic mass is 16.7. The first-order valence-electron chi connectivity index (χ1n) is 16.7. The van der Waals surface area contributed by atoms with Crippen LogP contribution in [0.2, 0.25) is 0 Å². The Bertz CT molecular complexity index is 1150. The summed E-state index contributed by atoms with van der Waals surface area (Å²) in [5, 5.41) is 34.4. The molecule has 7 nitrogen and oxygen atoms in total. The van der Waals surface area contributed by atoms with Gasteiger partial charge in [0.15, 0.2) is 12.1 Å². The van der Waals surface area contributed by atoms with Gasteiger partial charge in [-0.2, -0.15) is 0 Å². The van der Waals surface area contributed by atoms with Crippen molar-refractivity contribution in [1.29, 1.82) is 0 Å². The van der Waals surface area contributed by atoms with Crippen molar-refractivity contribution in [3.05, 3.63) is 46.5 Å². The van der Waals surface area contributed by atoms with E-state index in [1.807, 2.05) is 12.1 Å². The average Bonchev–Trinajstić information content (AvgIpc) is 3.56. The van der Waals surface area contributed by atoms with E-state index < -0.39 is 17.0 Å². The van der Waals surface area contributed by atoms with Gasteiger partial charge in [0.05, 0.1) is 31.0 Å². The van der Waals surface area contributed by atoms with Gasteiger partial charge in [0.25, 0.3) is 0 Å². The molecule has 7 heteroatoms. The lowest BCUT2D eigenvalue weighted by molar-refractivity contribution is -0.208. The lowest BCUT2D eigenvalue weighted by Crippen LogP contribution is -2.55. The molecule has 6 aliphatic rings. The van der Waals surface area contributed by atoms with Crippen LogP contribution in [-0.4, -0.2) is 65.0 Å². The lowest BCUT2D eigenvalue weighted by Gasteiger charge is -2.57. The van der Waals surface area contributed by atoms with Crippen molar-refractivity contribution in [3.8, 4) is 0 Å². The second-order valence-electron chi connectivity index (χ2n) is 14.4. The molecule has 3 saturated carbocycles. The molecule has 3 N–H and O–H groups in total. The Labute approximate surface area is 250 Å². The Kier molecular flexibility index (Phi) is 7.87. The number of allylic oxidation sites excluding steroid dienone is 1. The van der Waals surface area contributed by atoms with Gasteiger partial charge >= 0.3 is 0 Å². The molecule has 1 aromatic rings. The van der Waals surface area contributed by atoms with E-state index in [0.717, 1.165) is 89.2 Å². The molecule has 0 radical (unpaired) electrons. The third kappa shape index (κ3) is 4.92. The Hall–Kier alpha value is -1.32. The molecular formula is C35H50O7. The van der Waals surface area contributed by atoms with Gasteiger partial charge in [0, 0.05) is 37.4 Å². The van der Waals surface area contributed by atoms with Gasteiger partial charge in [0.2, 0.25) is 0 Å². The van der Waals surface area contributed by atoms with Crippen molar-refractivity contribution in [1.82, 2.24) is 0 Å². The highest BCUT2D eigenvalue weighted by Gasteiger charge is 2.64. The van der Waals surface area contributed by atoms with Crippen molar-refractivity contribution in [3.63, 3.8) is 0 Å². The van der Waals surface area contributed by atoms with Crippen LogP contribution in [0, 0.1) is 17.3 Å². The van der Waals surface area contributed by atoms with Crippen LogP contribution in [0.5, 0.6) is 0 Å². The van der Waals surface area contributed by atoms with Crippen molar-refractivity contribution in [2.75, 3.05) is 26.4 Å². The maximum atomic E-state index is 12.4. The highest BCUT2D eigenvalue weighted by molar-refractivity contribution is 5.44. The molecule has 2 heterocycles. The Balaban J connectivity index is 1.19. The lowest BCUT2D eigenvalue weighted by atomic mass is 9.49. The van der Waals surface area contributed by atoms with Crippen LogP contribution < -0.4 is 0 Å². The number of fused-ring (bicyclic) bond motifs is 4. The first kappa shape index (κ1) is 29.4. The van der Waals surface area contributed by atoms with Gasteiger partial charge in [0.1, 0.15) is 0 Å². The minimum atomic E-state index is -0.904. The molecule has 0 bridgehead atoms. The third-order valence-corrected chi connectivity index (χ3v) is 12.3. The van der Waals surface area contributed by atoms with Crippen molar-refractivity contribution in [2.24, 2.45) is 17.3 Å². The number of ether oxygens (including phenoxy) is 4. The number of aliphatic hydroxyl groups excluding tert-OH is 1. The van der Waals surface area contributed by atoms with Crippen molar-refractivity contribution < 1.29 is 34.3 Å². The normalized spacial score (nSPS) is 41.0. The van der Waals surface area contributed by atoms with Crippen LogP contribution in [0.15, 0.2) is 35.4 Å². The molecule has 1 unspecified atom stereocenters. The summed E-state index contributed by atoms with van der Waals surface area (Å²) in [7, 11) is 0. The summed E-state index contributed by atoms with van der Waals surface area (Å²) in [5.74, 6) is 0.217. The number of aliphatic hydroxyl groups is 3. The van der Waals surface area contributed by atoms with E-state index in [0.29, 0.717) is 38.1 Å². The maximum Gasteiger partial charge on any atom is 0.171 e. The molecular weight excluding hydrogens is 532 g/mol. The first-order chi connectivity index (χ1) is 20.3. The number of hydrogen-bond donors (Lipinski definition) is 3. The number of hydrogen-bond acceptors (Lipinski definition) is 7. The summed E-state index contributed by atoms with van der Waals surface area (Å²) in [6, 6.07) is 8.39. The van der Waals surface area contributed by atoms with Crippen LogP contribution in [0.4, 0.5) is 0 Å². The van der Waals surface area contributed by atoms with Crippen LogP contribution in [-0.2, 0) is 25.6 Å². The van der Waals surface area contributed by atoms with Gasteiger partial charge in [-0.1, -0.05) is 36.8 Å². The monoisotopic (exact) mass is 582 g/mol. The van der Waals surface area contributed by atoms with Gasteiger partial charge in [-0.25, -0.2) is 0 Å². The molecule has 5 fully saturated rings. The largest absolute Gasteiger partial charge is 0.392 e. The highest BCUT2D eigenvalue weighted by Crippen LogP contribution is 2.68. The fourth-order valence-corrected chi connectivity index (χ4v) is 10.1. The average molecular weight is 583 g/mol. The van der Waals surface area contributed by atoms with Gasteiger partial charge < -0.3 is 34.3 Å². The molecule has 42 heavy (non-hydrogen) atoms. The summed E-state index contributed by atoms with van der Waals surface area (Å²) >= 11 is 0. The molecule has 2 saturated heterocycles. The molecule has 7 rings (SSSR count). The number of rotatable bonds is 7. The van der Waals surface area contributed by atoms with Crippen LogP contribution in [0.25, 0.3) is 0 Å².